The number of H-pyrrole nitrogens is 2. The minimum Gasteiger partial charge on any atom is -0.508 e. The molecule has 7 atom stereocenters. The number of urea groups is 1. The van der Waals surface area contributed by atoms with Crippen molar-refractivity contribution in [2.24, 2.45) is 0 Å². The first kappa shape index (κ1) is 49.4. The molecule has 65 heavy (non-hydrogen) atoms. The lowest BCUT2D eigenvalue weighted by atomic mass is 10.0. The van der Waals surface area contributed by atoms with Crippen molar-refractivity contribution < 1.29 is 44.0 Å². The molecule has 5 unspecified atom stereocenters. The van der Waals surface area contributed by atoms with E-state index in [-0.39, 0.29) is 37.2 Å². The average Bonchev–Trinajstić information content (AvgIpc) is 3.86. The largest absolute Gasteiger partial charge is 0.508 e. The molecule has 1 aliphatic heterocycles. The number of aliphatic hydroxyl groups excluding tert-OH is 1. The Morgan fingerprint density at radius 3 is 2.46 bits per heavy atom. The van der Waals surface area contributed by atoms with Gasteiger partial charge in [-0.2, -0.15) is 11.8 Å². The molecule has 20 nitrogen and oxygen atoms in total. The molecule has 2 aromatic heterocycles. The summed E-state index contributed by atoms with van der Waals surface area (Å²) in [5.41, 5.74) is 0.656. The maximum atomic E-state index is 14.3. The zero-order valence-corrected chi connectivity index (χ0v) is 37.4. The second kappa shape index (κ2) is 23.4. The van der Waals surface area contributed by atoms with Crippen molar-refractivity contribution in [3.63, 3.8) is 0 Å². The van der Waals surface area contributed by atoms with Gasteiger partial charge in [0.2, 0.25) is 23.9 Å². The molecule has 4 aromatic rings. The summed E-state index contributed by atoms with van der Waals surface area (Å²) in [6.07, 6.45) is 4.98. The molecule has 0 aliphatic carbocycles. The summed E-state index contributed by atoms with van der Waals surface area (Å²) >= 11 is 1.39. The number of hydrogen-bond acceptors (Lipinski definition) is 12. The Kier molecular flexibility index (Phi) is 17.8. The molecule has 0 radical (unpaired) electrons. The molecule has 1 fully saturated rings. The lowest BCUT2D eigenvalue weighted by Gasteiger charge is -2.35. The number of ether oxygens (including phenoxy) is 1. The maximum absolute atomic E-state index is 14.3. The molecule has 0 spiro atoms. The van der Waals surface area contributed by atoms with Crippen molar-refractivity contribution in [1.29, 1.82) is 0 Å². The molecule has 350 valence electrons. The number of aromatic nitrogens is 3. The van der Waals surface area contributed by atoms with Crippen LogP contribution in [0, 0.1) is 0 Å². The number of carbonyl (C=O) groups is 5. The van der Waals surface area contributed by atoms with Crippen molar-refractivity contribution in [3.8, 4) is 5.75 Å². The SMILES string of the molecule is CCCCNC(Cc1cccc(O)c1)C(=O)N(C)C(C)C(NC(=O)C(CCSC)NC(=O)NC(Cc1c[nH]c2ccccc12)C(=O)O)C(=O)N/C=C1\C[C@@H](O)[C@H](n2ccc(=O)[nH]c2=O)O1. The number of rotatable bonds is 22. The highest BCUT2D eigenvalue weighted by Crippen LogP contribution is 2.30. The number of benzene rings is 2. The summed E-state index contributed by atoms with van der Waals surface area (Å²) in [7, 11) is 1.48. The summed E-state index contributed by atoms with van der Waals surface area (Å²) in [6, 6.07) is 7.98. The van der Waals surface area contributed by atoms with E-state index in [1.165, 1.54) is 29.8 Å². The van der Waals surface area contributed by atoms with Gasteiger partial charge < -0.3 is 56.5 Å². The van der Waals surface area contributed by atoms with Gasteiger partial charge in [0, 0.05) is 55.5 Å². The number of aliphatic hydroxyl groups is 1. The van der Waals surface area contributed by atoms with Gasteiger partial charge in [-0.15, -0.1) is 0 Å². The second-order valence-electron chi connectivity index (χ2n) is 15.7. The third-order valence-corrected chi connectivity index (χ3v) is 11.7. The van der Waals surface area contributed by atoms with Crippen LogP contribution in [0.3, 0.4) is 0 Å². The summed E-state index contributed by atoms with van der Waals surface area (Å²) < 4.78 is 6.76. The molecule has 2 aromatic carbocycles. The normalized spacial score (nSPS) is 17.6. The number of nitrogens with one attached hydrogen (secondary N) is 7. The number of aromatic amines is 2. The second-order valence-corrected chi connectivity index (χ2v) is 16.7. The molecule has 21 heteroatoms. The summed E-state index contributed by atoms with van der Waals surface area (Å²) in [6.45, 7) is 4.06. The zero-order valence-electron chi connectivity index (χ0n) is 36.5. The van der Waals surface area contributed by atoms with Crippen LogP contribution in [-0.4, -0.2) is 126 Å². The Balaban J connectivity index is 1.38. The van der Waals surface area contributed by atoms with E-state index in [1.807, 2.05) is 31.2 Å². The smallest absolute Gasteiger partial charge is 0.331 e. The Morgan fingerprint density at radius 1 is 1.00 bits per heavy atom. The number of carboxylic acids is 1. The molecule has 1 aliphatic rings. The molecular weight excluding hydrogens is 863 g/mol. The van der Waals surface area contributed by atoms with E-state index in [4.69, 9.17) is 4.74 Å². The lowest BCUT2D eigenvalue weighted by molar-refractivity contribution is -0.139. The average molecular weight is 920 g/mol. The first-order valence-electron chi connectivity index (χ1n) is 21.2. The van der Waals surface area contributed by atoms with Crippen molar-refractivity contribution in [2.45, 2.75) is 94.9 Å². The first-order chi connectivity index (χ1) is 31.1. The van der Waals surface area contributed by atoms with Gasteiger partial charge in [0.25, 0.3) is 5.56 Å². The van der Waals surface area contributed by atoms with E-state index >= 15 is 0 Å². The van der Waals surface area contributed by atoms with Gasteiger partial charge in [0.05, 0.1) is 12.1 Å². The van der Waals surface area contributed by atoms with E-state index in [9.17, 15) is 48.9 Å². The number of carbonyl (C=O) groups excluding carboxylic acids is 4. The van der Waals surface area contributed by atoms with Crippen molar-refractivity contribution in [3.05, 3.63) is 111 Å². The van der Waals surface area contributed by atoms with Gasteiger partial charge in [0.1, 0.15) is 35.7 Å². The number of thioether (sulfide) groups is 1. The van der Waals surface area contributed by atoms with Crippen LogP contribution < -0.4 is 37.8 Å². The molecule has 5 amide bonds. The number of phenolic OH excluding ortho intramolecular Hbond substituents is 1. The Hall–Kier alpha value is -6.58. The predicted octanol–water partition coefficient (Wildman–Crippen LogP) is 1.41. The first-order valence-corrected chi connectivity index (χ1v) is 22.6. The van der Waals surface area contributed by atoms with Crippen LogP contribution >= 0.6 is 11.8 Å². The van der Waals surface area contributed by atoms with Crippen LogP contribution in [0.1, 0.15) is 56.9 Å². The van der Waals surface area contributed by atoms with E-state index in [0.29, 0.717) is 23.4 Å². The van der Waals surface area contributed by atoms with E-state index < -0.39 is 83.5 Å². The summed E-state index contributed by atoms with van der Waals surface area (Å²) in [4.78, 5) is 99.1. The molecule has 0 saturated carbocycles. The number of phenols is 1. The fraction of sp³-hybridized carbons (Fsp3) is 0.432. The molecule has 3 heterocycles. The Bertz CT molecular complexity index is 2450. The van der Waals surface area contributed by atoms with Gasteiger partial charge in [0.15, 0.2) is 0 Å². The number of hydrogen-bond donors (Lipinski definition) is 10. The van der Waals surface area contributed by atoms with Gasteiger partial charge >= 0.3 is 17.7 Å². The van der Waals surface area contributed by atoms with E-state index in [1.54, 1.807) is 37.6 Å². The minimum absolute atomic E-state index is 0.0273. The van der Waals surface area contributed by atoms with Crippen LogP contribution in [0.2, 0.25) is 0 Å². The number of aliphatic carboxylic acids is 1. The fourth-order valence-electron chi connectivity index (χ4n) is 7.32. The number of unbranched alkanes of at least 4 members (excludes halogenated alkanes) is 1. The van der Waals surface area contributed by atoms with E-state index in [0.717, 1.165) is 46.8 Å². The molecule has 5 rings (SSSR count). The monoisotopic (exact) mass is 919 g/mol. The number of carboxylic acid groups (broad SMARTS) is 1. The number of likely N-dealkylation sites (N-methyl/N-ethyl adjacent to an activating group) is 1. The third-order valence-electron chi connectivity index (χ3n) is 11.0. The van der Waals surface area contributed by atoms with Crippen LogP contribution in [0.5, 0.6) is 5.75 Å². The molecule has 0 bridgehead atoms. The van der Waals surface area contributed by atoms with Gasteiger partial charge in [-0.05, 0) is 74.1 Å². The van der Waals surface area contributed by atoms with Crippen molar-refractivity contribution >= 4 is 52.4 Å². The number of nitrogens with zero attached hydrogens (tertiary/aromatic N) is 2. The quantitative estimate of drug-likeness (QED) is 0.0500. The van der Waals surface area contributed by atoms with Gasteiger partial charge in [-0.1, -0.05) is 43.7 Å². The fourth-order valence-corrected chi connectivity index (χ4v) is 7.80. The van der Waals surface area contributed by atoms with Crippen LogP contribution in [0.4, 0.5) is 4.79 Å². The van der Waals surface area contributed by atoms with Crippen LogP contribution in [-0.2, 0) is 36.8 Å². The number of fused-ring (bicyclic) bond motifs is 1. The highest BCUT2D eigenvalue weighted by Gasteiger charge is 2.37. The highest BCUT2D eigenvalue weighted by molar-refractivity contribution is 7.98. The maximum Gasteiger partial charge on any atom is 0.331 e. The summed E-state index contributed by atoms with van der Waals surface area (Å²) in [5.74, 6) is -2.89. The zero-order chi connectivity index (χ0) is 47.2. The number of para-hydroxylation sites is 1. The molecular formula is C44H57N9O11S. The van der Waals surface area contributed by atoms with Crippen molar-refractivity contribution in [2.75, 3.05) is 25.6 Å². The van der Waals surface area contributed by atoms with Crippen LogP contribution in [0.25, 0.3) is 10.9 Å². The van der Waals surface area contributed by atoms with Crippen molar-refractivity contribution in [1.82, 2.24) is 46.0 Å². The Morgan fingerprint density at radius 2 is 1.75 bits per heavy atom. The lowest BCUT2D eigenvalue weighted by Crippen LogP contribution is -2.62. The third kappa shape index (κ3) is 13.5. The Labute approximate surface area is 378 Å². The highest BCUT2D eigenvalue weighted by atomic mass is 32.2. The van der Waals surface area contributed by atoms with Gasteiger partial charge in [-0.3, -0.25) is 28.7 Å². The minimum atomic E-state index is -1.48. The number of aromatic hydroxyl groups is 1. The van der Waals surface area contributed by atoms with E-state index in [2.05, 4.69) is 36.6 Å². The standard InChI is InChI=1S/C44H57N9O11S/c1-5-6-16-45-33(20-26-10-9-11-28(54)19-26)40(59)52(3)25(2)37(39(58)47-24-29-22-35(55)41(64-29)53-17-14-36(56)50-44(53)63)51-38(57)32(15-18-65-4)48-43(62)49-34(42(60)61)21-27-23-46-31-13-8-7-12-30(27)31/h7-14,17,19,23-25,32-35,37,41,45-46,54-55H,5-6,15-16,18,20-22H2,1-4H3,(H,47,58)(H,51,57)(H,60,61)(H2,48,49,62)(H,50,56,63)/b29-24+/t25?,32?,33?,34?,35-,37?,41-/m1/s1. The number of amides is 5. The van der Waals surface area contributed by atoms with Crippen LogP contribution in [0.15, 0.2) is 88.5 Å². The predicted molar refractivity (Wildman–Crippen MR) is 243 cm³/mol. The molecule has 10 N–H and O–H groups in total. The topological polar surface area (TPSA) is 289 Å². The summed E-state index contributed by atoms with van der Waals surface area (Å²) in [5, 5.41) is 45.3. The van der Waals surface area contributed by atoms with Gasteiger partial charge in [-0.25, -0.2) is 14.4 Å². The molecule has 1 saturated heterocycles.